The van der Waals surface area contributed by atoms with E-state index in [9.17, 15) is 14.7 Å². The van der Waals surface area contributed by atoms with Gasteiger partial charge in [0.1, 0.15) is 30.4 Å². The molecule has 0 bridgehead atoms. The standard InChI is InChI=1S/C39H34N2O6S2/c1-38(2)11-13-41-14-12-39(3,4)29-30(41)26(38)19-23-18-25(37(44)47-31(23)29)27-9-10-28(48-27)35-33-32(45-15-16-46-33)34(49-35)22-7-5-21(6-8-22)17-24(20-40)36(42)43/h5-10,17-19H,11-16H2,1-4H3,(H,42,43)/b24-17-. The number of aliphatic carboxylic acids is 1. The van der Waals surface area contributed by atoms with E-state index in [0.29, 0.717) is 41.4 Å². The fourth-order valence-corrected chi connectivity index (χ4v) is 9.58. The van der Waals surface area contributed by atoms with Gasteiger partial charge in [-0.05, 0) is 70.7 Å². The molecule has 248 valence electrons. The van der Waals surface area contributed by atoms with Crippen molar-refractivity contribution in [1.82, 2.24) is 0 Å². The molecule has 2 aromatic carbocycles. The van der Waals surface area contributed by atoms with E-state index in [0.717, 1.165) is 62.0 Å². The quantitative estimate of drug-likeness (QED) is 0.111. The van der Waals surface area contributed by atoms with Gasteiger partial charge < -0.3 is 23.9 Å². The fourth-order valence-electron chi connectivity index (χ4n) is 7.27. The van der Waals surface area contributed by atoms with Gasteiger partial charge in [0.05, 0.1) is 15.3 Å². The third-order valence-corrected chi connectivity index (χ3v) is 12.6. The fraction of sp³-hybridized carbons (Fsp3) is 0.308. The summed E-state index contributed by atoms with van der Waals surface area (Å²) < 4.78 is 18.5. The molecular weight excluding hydrogens is 657 g/mol. The lowest BCUT2D eigenvalue weighted by Crippen LogP contribution is -2.44. The van der Waals surface area contributed by atoms with E-state index in [-0.39, 0.29) is 22.0 Å². The summed E-state index contributed by atoms with van der Waals surface area (Å²) in [5.74, 6) is 0.0707. The summed E-state index contributed by atoms with van der Waals surface area (Å²) in [6, 6.07) is 17.3. The molecule has 0 aliphatic carbocycles. The normalized spacial score (nSPS) is 17.4. The van der Waals surface area contributed by atoms with E-state index < -0.39 is 5.97 Å². The Kier molecular flexibility index (Phi) is 7.28. The molecule has 0 saturated carbocycles. The van der Waals surface area contributed by atoms with Crippen LogP contribution in [0.2, 0.25) is 0 Å². The van der Waals surface area contributed by atoms with Crippen LogP contribution in [0.3, 0.4) is 0 Å². The number of rotatable bonds is 5. The van der Waals surface area contributed by atoms with Crippen molar-refractivity contribution < 1.29 is 23.8 Å². The minimum Gasteiger partial charge on any atom is -0.485 e. The van der Waals surface area contributed by atoms with Crippen LogP contribution in [0.1, 0.15) is 57.2 Å². The van der Waals surface area contributed by atoms with Gasteiger partial charge in [0, 0.05) is 39.5 Å². The third kappa shape index (κ3) is 5.15. The number of benzene rings is 2. The second kappa shape index (κ2) is 11.4. The van der Waals surface area contributed by atoms with Crippen LogP contribution in [0.25, 0.3) is 47.7 Å². The first-order valence-electron chi connectivity index (χ1n) is 16.3. The molecule has 8 rings (SSSR count). The Labute approximate surface area is 291 Å². The molecule has 3 aliphatic rings. The Morgan fingerprint density at radius 2 is 1.59 bits per heavy atom. The molecule has 0 spiro atoms. The van der Waals surface area contributed by atoms with Gasteiger partial charge in [0.2, 0.25) is 0 Å². The summed E-state index contributed by atoms with van der Waals surface area (Å²) in [5, 5.41) is 19.3. The number of thiophene rings is 2. The molecule has 49 heavy (non-hydrogen) atoms. The van der Waals surface area contributed by atoms with Crippen LogP contribution in [0.5, 0.6) is 11.5 Å². The number of anilines is 1. The van der Waals surface area contributed by atoms with Crippen molar-refractivity contribution in [3.63, 3.8) is 0 Å². The second-order valence-corrected chi connectivity index (χ2v) is 16.2. The van der Waals surface area contributed by atoms with Crippen LogP contribution >= 0.6 is 22.7 Å². The lowest BCUT2D eigenvalue weighted by molar-refractivity contribution is -0.132. The van der Waals surface area contributed by atoms with Gasteiger partial charge in [-0.3, -0.25) is 0 Å². The maximum absolute atomic E-state index is 13.8. The lowest BCUT2D eigenvalue weighted by Gasteiger charge is -2.48. The Morgan fingerprint density at radius 1 is 0.918 bits per heavy atom. The predicted octanol–water partition coefficient (Wildman–Crippen LogP) is 8.85. The van der Waals surface area contributed by atoms with E-state index >= 15 is 0 Å². The summed E-state index contributed by atoms with van der Waals surface area (Å²) in [7, 11) is 0. The van der Waals surface area contributed by atoms with Gasteiger partial charge in [-0.2, -0.15) is 5.26 Å². The molecule has 0 atom stereocenters. The molecule has 0 saturated heterocycles. The lowest BCUT2D eigenvalue weighted by atomic mass is 9.69. The van der Waals surface area contributed by atoms with Crippen molar-refractivity contribution in [2.45, 2.75) is 51.4 Å². The highest BCUT2D eigenvalue weighted by Gasteiger charge is 2.42. The van der Waals surface area contributed by atoms with Crippen LogP contribution in [-0.2, 0) is 15.6 Å². The monoisotopic (exact) mass is 690 g/mol. The molecule has 0 fully saturated rings. The molecule has 1 N–H and O–H groups in total. The van der Waals surface area contributed by atoms with Gasteiger partial charge in [-0.15, -0.1) is 22.7 Å². The number of carbonyl (C=O) groups is 1. The molecule has 0 amide bonds. The van der Waals surface area contributed by atoms with Crippen LogP contribution in [0.15, 0.2) is 63.3 Å². The van der Waals surface area contributed by atoms with E-state index in [1.54, 1.807) is 29.5 Å². The predicted molar refractivity (Wildman–Crippen MR) is 194 cm³/mol. The number of carboxylic acids is 1. The van der Waals surface area contributed by atoms with Crippen molar-refractivity contribution in [1.29, 1.82) is 5.26 Å². The number of hydrogen-bond acceptors (Lipinski definition) is 9. The Morgan fingerprint density at radius 3 is 2.29 bits per heavy atom. The van der Waals surface area contributed by atoms with Crippen molar-refractivity contribution in [3.8, 4) is 48.2 Å². The van der Waals surface area contributed by atoms with Crippen LogP contribution in [-0.4, -0.2) is 37.4 Å². The Bertz CT molecular complexity index is 2310. The average Bonchev–Trinajstić information content (AvgIpc) is 3.71. The molecule has 0 unspecified atom stereocenters. The summed E-state index contributed by atoms with van der Waals surface area (Å²) in [5.41, 5.74) is 5.70. The Balaban J connectivity index is 1.20. The number of ether oxygens (including phenoxy) is 2. The molecule has 3 aromatic heterocycles. The highest BCUT2D eigenvalue weighted by atomic mass is 32.1. The number of hydrogen-bond donors (Lipinski definition) is 1. The van der Waals surface area contributed by atoms with Gasteiger partial charge in [0.25, 0.3) is 0 Å². The van der Waals surface area contributed by atoms with Gasteiger partial charge in [-0.1, -0.05) is 52.0 Å². The van der Waals surface area contributed by atoms with E-state index in [4.69, 9.17) is 19.2 Å². The minimum atomic E-state index is -1.26. The highest BCUT2D eigenvalue weighted by molar-refractivity contribution is 7.25. The maximum atomic E-state index is 13.8. The SMILES string of the molecule is CC1(C)CCN2CCC(C)(C)c3c2c1cc1cc(-c2ccc(-c4sc(-c5ccc(/C=C(/C#N)C(=O)O)cc5)c5c4OCCO5)s2)c(=O)oc31. The van der Waals surface area contributed by atoms with E-state index in [1.807, 2.05) is 30.3 Å². The third-order valence-electron chi connectivity index (χ3n) is 10.1. The summed E-state index contributed by atoms with van der Waals surface area (Å²) >= 11 is 3.06. The number of carboxylic acid groups (broad SMARTS) is 1. The second-order valence-electron chi connectivity index (χ2n) is 14.1. The number of nitrogens with zero attached hydrogens (tertiary/aromatic N) is 2. The first kappa shape index (κ1) is 31.4. The zero-order valence-corrected chi connectivity index (χ0v) is 29.3. The molecule has 5 aromatic rings. The molecule has 3 aliphatic heterocycles. The number of fused-ring (bicyclic) bond motifs is 3. The zero-order valence-electron chi connectivity index (χ0n) is 27.6. The summed E-state index contributed by atoms with van der Waals surface area (Å²) in [6.07, 6.45) is 3.43. The van der Waals surface area contributed by atoms with Gasteiger partial charge >= 0.3 is 11.6 Å². The summed E-state index contributed by atoms with van der Waals surface area (Å²) in [6.45, 7) is 12.0. The van der Waals surface area contributed by atoms with Crippen LogP contribution < -0.4 is 20.0 Å². The molecular formula is C39H34N2O6S2. The Hall–Kier alpha value is -4.85. The number of nitriles is 1. The van der Waals surface area contributed by atoms with Crippen molar-refractivity contribution in [2.75, 3.05) is 31.2 Å². The topological polar surface area (TPSA) is 113 Å². The van der Waals surface area contributed by atoms with Crippen LogP contribution in [0.4, 0.5) is 5.69 Å². The molecule has 6 heterocycles. The maximum Gasteiger partial charge on any atom is 0.346 e. The van der Waals surface area contributed by atoms with Crippen molar-refractivity contribution in [3.05, 3.63) is 81.2 Å². The largest absolute Gasteiger partial charge is 0.485 e. The zero-order chi connectivity index (χ0) is 34.2. The van der Waals surface area contributed by atoms with E-state index in [1.165, 1.54) is 28.7 Å². The smallest absolute Gasteiger partial charge is 0.346 e. The molecule has 10 heteroatoms. The van der Waals surface area contributed by atoms with Crippen molar-refractivity contribution >= 4 is 51.4 Å². The minimum absolute atomic E-state index is 0.0156. The van der Waals surface area contributed by atoms with Gasteiger partial charge in [0.15, 0.2) is 11.5 Å². The highest BCUT2D eigenvalue weighted by Crippen LogP contribution is 2.56. The first-order chi connectivity index (χ1) is 23.4. The molecule has 8 nitrogen and oxygen atoms in total. The van der Waals surface area contributed by atoms with Crippen LogP contribution in [0, 0.1) is 11.3 Å². The van der Waals surface area contributed by atoms with Crippen molar-refractivity contribution in [2.24, 2.45) is 0 Å². The molecule has 0 radical (unpaired) electrons. The van der Waals surface area contributed by atoms with Gasteiger partial charge in [-0.25, -0.2) is 9.59 Å². The average molecular weight is 691 g/mol. The summed E-state index contributed by atoms with van der Waals surface area (Å²) in [4.78, 5) is 31.1. The van der Waals surface area contributed by atoms with E-state index in [2.05, 4.69) is 38.7 Å². The first-order valence-corrected chi connectivity index (χ1v) is 18.0.